The van der Waals surface area contributed by atoms with Crippen LogP contribution in [0.1, 0.15) is 31.2 Å². The zero-order valence-electron chi connectivity index (χ0n) is 21.6. The first-order valence-electron chi connectivity index (χ1n) is 12.4. The summed E-state index contributed by atoms with van der Waals surface area (Å²) in [5.41, 5.74) is 1.88. The lowest BCUT2D eigenvalue weighted by Gasteiger charge is -2.24. The summed E-state index contributed by atoms with van der Waals surface area (Å²) in [5.74, 6) is 1.13. The minimum atomic E-state index is -0.731. The van der Waals surface area contributed by atoms with Crippen LogP contribution in [-0.4, -0.2) is 23.8 Å². The van der Waals surface area contributed by atoms with E-state index < -0.39 is 12.0 Å². The van der Waals surface area contributed by atoms with Crippen LogP contribution in [-0.2, 0) is 9.53 Å². The number of furan rings is 1. The molecule has 1 aliphatic rings. The maximum atomic E-state index is 13.8. The van der Waals surface area contributed by atoms with Gasteiger partial charge in [0, 0.05) is 16.7 Å². The third-order valence-corrected chi connectivity index (χ3v) is 7.71. The van der Waals surface area contributed by atoms with Crippen LogP contribution in [0.15, 0.2) is 92.7 Å². The molecule has 0 bridgehead atoms. The topological polar surface area (TPSA) is 83.0 Å². The Morgan fingerprint density at radius 1 is 1.18 bits per heavy atom. The second-order valence-corrected chi connectivity index (χ2v) is 10.6. The molecule has 0 radical (unpaired) electrons. The van der Waals surface area contributed by atoms with Gasteiger partial charge in [0.25, 0.3) is 5.56 Å². The van der Waals surface area contributed by atoms with Crippen molar-refractivity contribution in [2.75, 3.05) is 13.2 Å². The van der Waals surface area contributed by atoms with Crippen LogP contribution in [0.25, 0.3) is 17.4 Å². The Morgan fingerprint density at radius 2 is 1.95 bits per heavy atom. The normalized spacial score (nSPS) is 15.0. The summed E-state index contributed by atoms with van der Waals surface area (Å²) >= 11 is 13.6. The number of esters is 1. The lowest BCUT2D eigenvalue weighted by Crippen LogP contribution is -2.39. The van der Waals surface area contributed by atoms with Gasteiger partial charge in [-0.1, -0.05) is 59.3 Å². The molecule has 0 unspecified atom stereocenters. The van der Waals surface area contributed by atoms with E-state index in [0.717, 1.165) is 0 Å². The Morgan fingerprint density at radius 3 is 2.65 bits per heavy atom. The van der Waals surface area contributed by atoms with Gasteiger partial charge >= 0.3 is 5.97 Å². The quantitative estimate of drug-likeness (QED) is 0.186. The monoisotopic (exact) mass is 594 g/mol. The van der Waals surface area contributed by atoms with Gasteiger partial charge in [-0.15, -0.1) is 0 Å². The molecule has 2 aromatic heterocycles. The van der Waals surface area contributed by atoms with Gasteiger partial charge in [-0.3, -0.25) is 9.36 Å². The highest BCUT2D eigenvalue weighted by Crippen LogP contribution is 2.33. The van der Waals surface area contributed by atoms with Crippen LogP contribution in [0.2, 0.25) is 10.0 Å². The van der Waals surface area contributed by atoms with E-state index in [9.17, 15) is 9.59 Å². The zero-order valence-corrected chi connectivity index (χ0v) is 24.0. The molecular formula is C30H24Cl2N2O5S. The molecule has 40 heavy (non-hydrogen) atoms. The molecule has 5 rings (SSSR count). The number of hydrogen-bond donors (Lipinski definition) is 0. The third kappa shape index (κ3) is 5.43. The van der Waals surface area contributed by atoms with E-state index in [1.54, 1.807) is 68.5 Å². The summed E-state index contributed by atoms with van der Waals surface area (Å²) in [6, 6.07) is 15.2. The van der Waals surface area contributed by atoms with Gasteiger partial charge in [-0.05, 0) is 61.9 Å². The zero-order chi connectivity index (χ0) is 28.4. The van der Waals surface area contributed by atoms with E-state index in [1.807, 2.05) is 12.1 Å². The summed E-state index contributed by atoms with van der Waals surface area (Å²) in [7, 11) is 0. The number of fused-ring (bicyclic) bond motifs is 1. The third-order valence-electron chi connectivity index (χ3n) is 6.18. The van der Waals surface area contributed by atoms with E-state index in [0.29, 0.717) is 65.7 Å². The first-order chi connectivity index (χ1) is 19.3. The summed E-state index contributed by atoms with van der Waals surface area (Å²) in [4.78, 5) is 31.9. The maximum absolute atomic E-state index is 13.8. The van der Waals surface area contributed by atoms with Crippen molar-refractivity contribution in [3.63, 3.8) is 0 Å². The van der Waals surface area contributed by atoms with E-state index >= 15 is 0 Å². The average molecular weight is 596 g/mol. The number of halogens is 2. The minimum Gasteiger partial charge on any atom is -0.490 e. The van der Waals surface area contributed by atoms with Gasteiger partial charge in [0.05, 0.1) is 33.5 Å². The lowest BCUT2D eigenvalue weighted by molar-refractivity contribution is -0.139. The van der Waals surface area contributed by atoms with Crippen LogP contribution < -0.4 is 19.6 Å². The second kappa shape index (κ2) is 11.7. The standard InChI is InChI=1S/C30H24Cl2N2O5S/c1-4-14-38-20-9-6-18(7-10-20)27-26(29(36)37-5-2)17(3)33-30-34(27)28(35)25(40-30)16-21-11-13-24(39-21)22-12-8-19(31)15-23(22)32/h4,6-13,15-16,27H,1,5,14H2,2-3H3/b25-16-/t27-/m1/s1. The Kier molecular flexibility index (Phi) is 8.12. The van der Waals surface area contributed by atoms with E-state index in [2.05, 4.69) is 11.6 Å². The summed E-state index contributed by atoms with van der Waals surface area (Å²) in [6.07, 6.45) is 3.31. The van der Waals surface area contributed by atoms with Crippen molar-refractivity contribution in [1.29, 1.82) is 0 Å². The van der Waals surface area contributed by atoms with Crippen molar-refractivity contribution < 1.29 is 18.7 Å². The predicted molar refractivity (Wildman–Crippen MR) is 157 cm³/mol. The Labute approximate surface area is 243 Å². The molecule has 4 aromatic rings. The summed E-state index contributed by atoms with van der Waals surface area (Å²) in [5, 5.41) is 0.975. The van der Waals surface area contributed by atoms with E-state index in [-0.39, 0.29) is 12.2 Å². The van der Waals surface area contributed by atoms with Gasteiger partial charge in [0.2, 0.25) is 0 Å². The number of carbonyl (C=O) groups is 1. The fraction of sp³-hybridized carbons (Fsp3) is 0.167. The molecule has 0 aliphatic carbocycles. The maximum Gasteiger partial charge on any atom is 0.338 e. The number of rotatable bonds is 8. The number of ether oxygens (including phenoxy) is 2. The number of thiazole rings is 1. The highest BCUT2D eigenvalue weighted by molar-refractivity contribution is 7.07. The molecule has 2 aromatic carbocycles. The fourth-order valence-corrected chi connectivity index (χ4v) is 5.93. The minimum absolute atomic E-state index is 0.194. The molecule has 3 heterocycles. The van der Waals surface area contributed by atoms with Crippen LogP contribution in [0.3, 0.4) is 0 Å². The van der Waals surface area contributed by atoms with Crippen LogP contribution >= 0.6 is 34.5 Å². The van der Waals surface area contributed by atoms with Crippen LogP contribution in [0, 0.1) is 0 Å². The number of allylic oxidation sites excluding steroid dienone is 1. The van der Waals surface area contributed by atoms with Crippen LogP contribution in [0.5, 0.6) is 5.75 Å². The number of nitrogens with zero attached hydrogens (tertiary/aromatic N) is 2. The highest BCUT2D eigenvalue weighted by atomic mass is 35.5. The van der Waals surface area contributed by atoms with Crippen molar-refractivity contribution in [3.05, 3.63) is 120 Å². The van der Waals surface area contributed by atoms with Crippen molar-refractivity contribution in [2.24, 2.45) is 4.99 Å². The van der Waals surface area contributed by atoms with Gasteiger partial charge in [0.1, 0.15) is 23.9 Å². The first-order valence-corrected chi connectivity index (χ1v) is 14.0. The van der Waals surface area contributed by atoms with E-state index in [4.69, 9.17) is 37.1 Å². The fourth-order valence-electron chi connectivity index (χ4n) is 4.40. The number of aromatic nitrogens is 1. The molecule has 1 atom stereocenters. The molecule has 10 heteroatoms. The number of carbonyl (C=O) groups excluding carboxylic acids is 1. The molecule has 7 nitrogen and oxygen atoms in total. The van der Waals surface area contributed by atoms with Crippen molar-refractivity contribution >= 4 is 46.6 Å². The summed E-state index contributed by atoms with van der Waals surface area (Å²) in [6.45, 7) is 7.70. The van der Waals surface area contributed by atoms with Crippen molar-refractivity contribution in [1.82, 2.24) is 4.57 Å². The van der Waals surface area contributed by atoms with Gasteiger partial charge in [-0.25, -0.2) is 9.79 Å². The molecule has 1 aliphatic heterocycles. The molecule has 0 saturated heterocycles. The molecular weight excluding hydrogens is 571 g/mol. The first kappa shape index (κ1) is 27.7. The Bertz CT molecular complexity index is 1820. The van der Waals surface area contributed by atoms with Crippen molar-refractivity contribution in [3.8, 4) is 17.1 Å². The van der Waals surface area contributed by atoms with Crippen LogP contribution in [0.4, 0.5) is 0 Å². The molecule has 0 N–H and O–H groups in total. The highest BCUT2D eigenvalue weighted by Gasteiger charge is 2.33. The predicted octanol–water partition coefficient (Wildman–Crippen LogP) is 5.93. The Hall–Kier alpha value is -3.85. The Balaban J connectivity index is 1.60. The summed E-state index contributed by atoms with van der Waals surface area (Å²) < 4.78 is 18.9. The number of hydrogen-bond acceptors (Lipinski definition) is 7. The largest absolute Gasteiger partial charge is 0.490 e. The average Bonchev–Trinajstić information content (AvgIpc) is 3.51. The van der Waals surface area contributed by atoms with Gasteiger partial charge in [-0.2, -0.15) is 0 Å². The lowest BCUT2D eigenvalue weighted by atomic mass is 9.96. The smallest absolute Gasteiger partial charge is 0.338 e. The second-order valence-electron chi connectivity index (χ2n) is 8.80. The van der Waals surface area contributed by atoms with Gasteiger partial charge in [0.15, 0.2) is 4.80 Å². The van der Waals surface area contributed by atoms with Crippen molar-refractivity contribution in [2.45, 2.75) is 19.9 Å². The number of benzene rings is 2. The molecule has 0 fully saturated rings. The molecule has 0 amide bonds. The van der Waals surface area contributed by atoms with Gasteiger partial charge < -0.3 is 13.9 Å². The molecule has 204 valence electrons. The van der Waals surface area contributed by atoms with E-state index in [1.165, 1.54) is 15.9 Å². The molecule has 0 saturated carbocycles. The SMILES string of the molecule is C=CCOc1ccc([C@@H]2C(C(=O)OCC)=C(C)N=c3s/c(=C\c4ccc(-c5ccc(Cl)cc5Cl)o4)c(=O)n32)cc1. The molecule has 0 spiro atoms.